The Balaban J connectivity index is 1.26. The fraction of sp³-hybridized carbons (Fsp3) is 0.167. The van der Waals surface area contributed by atoms with Gasteiger partial charge in [-0.2, -0.15) is 0 Å². The number of carbonyl (C=O) groups excluding carboxylic acids is 1. The lowest BCUT2D eigenvalue weighted by molar-refractivity contribution is -0.120. The van der Waals surface area contributed by atoms with Gasteiger partial charge in [-0.15, -0.1) is 0 Å². The van der Waals surface area contributed by atoms with Gasteiger partial charge >= 0.3 is 0 Å². The molecule has 1 amide bonds. The van der Waals surface area contributed by atoms with Gasteiger partial charge in [0.15, 0.2) is 0 Å². The largest absolute Gasteiger partial charge is 0.481 e. The fourth-order valence-electron chi connectivity index (χ4n) is 3.31. The van der Waals surface area contributed by atoms with E-state index in [0.29, 0.717) is 13.0 Å². The first-order chi connectivity index (χ1) is 14.2. The maximum absolute atomic E-state index is 12.2. The normalized spacial score (nSPS) is 10.5. The molecule has 0 aliphatic heterocycles. The summed E-state index contributed by atoms with van der Waals surface area (Å²) in [4.78, 5) is 16.5. The lowest BCUT2D eigenvalue weighted by Gasteiger charge is -2.03. The summed E-state index contributed by atoms with van der Waals surface area (Å²) in [6.07, 6.45) is 4.10. The molecule has 4 aromatic rings. The molecule has 0 aliphatic rings. The number of carbonyl (C=O) groups is 1. The highest BCUT2D eigenvalue weighted by molar-refractivity contribution is 5.89. The van der Waals surface area contributed by atoms with Crippen LogP contribution in [0.3, 0.4) is 0 Å². The van der Waals surface area contributed by atoms with Crippen molar-refractivity contribution in [3.8, 4) is 17.6 Å². The summed E-state index contributed by atoms with van der Waals surface area (Å²) in [5, 5.41) is 5.02. The van der Waals surface area contributed by atoms with E-state index in [0.717, 1.165) is 33.1 Å². The molecular weight excluding hydrogens is 362 g/mol. The molecule has 5 heteroatoms. The minimum atomic E-state index is -0.0443. The number of aryl methyl sites for hydroxylation is 1. The van der Waals surface area contributed by atoms with Crippen molar-refractivity contribution in [2.45, 2.75) is 6.42 Å². The standard InChI is InChI=1S/C24H21N3O2/c1-27-17-19(21-8-2-3-9-23(21)27)15-24(28)26-12-4-5-14-29-20-11-10-18-7-6-13-25-22(18)16-20/h2-3,6-11,13,16-17H,12,14-15H2,1H3,(H,26,28). The molecule has 0 radical (unpaired) electrons. The number of nitrogens with one attached hydrogen (secondary N) is 1. The highest BCUT2D eigenvalue weighted by Gasteiger charge is 2.09. The average Bonchev–Trinajstić information content (AvgIpc) is 3.06. The third kappa shape index (κ3) is 4.39. The summed E-state index contributed by atoms with van der Waals surface area (Å²) >= 11 is 0. The van der Waals surface area contributed by atoms with Crippen LogP contribution in [0, 0.1) is 11.8 Å². The Kier molecular flexibility index (Phi) is 5.44. The molecule has 0 bridgehead atoms. The second-order valence-corrected chi connectivity index (χ2v) is 6.74. The monoisotopic (exact) mass is 383 g/mol. The Bertz CT molecular complexity index is 1230. The molecule has 0 saturated heterocycles. The third-order valence-corrected chi connectivity index (χ3v) is 4.72. The lowest BCUT2D eigenvalue weighted by atomic mass is 10.1. The van der Waals surface area contributed by atoms with Gasteiger partial charge in [0.05, 0.1) is 18.5 Å². The number of fused-ring (bicyclic) bond motifs is 2. The topological polar surface area (TPSA) is 56.2 Å². The number of pyridine rings is 1. The second kappa shape index (κ2) is 8.49. The summed E-state index contributed by atoms with van der Waals surface area (Å²) in [5.74, 6) is 6.53. The molecule has 4 rings (SSSR count). The van der Waals surface area contributed by atoms with Crippen molar-refractivity contribution >= 4 is 27.7 Å². The van der Waals surface area contributed by atoms with Crippen molar-refractivity contribution in [1.29, 1.82) is 0 Å². The van der Waals surface area contributed by atoms with Crippen molar-refractivity contribution < 1.29 is 9.53 Å². The second-order valence-electron chi connectivity index (χ2n) is 6.74. The Hall–Kier alpha value is -3.78. The number of nitrogens with zero attached hydrogens (tertiary/aromatic N) is 2. The van der Waals surface area contributed by atoms with Crippen molar-refractivity contribution in [3.63, 3.8) is 0 Å². The van der Waals surface area contributed by atoms with Gasteiger partial charge in [-0.25, -0.2) is 0 Å². The number of aromatic nitrogens is 2. The van der Waals surface area contributed by atoms with E-state index in [4.69, 9.17) is 4.74 Å². The minimum absolute atomic E-state index is 0.0443. The highest BCUT2D eigenvalue weighted by Crippen LogP contribution is 2.20. The quantitative estimate of drug-likeness (QED) is 0.537. The van der Waals surface area contributed by atoms with Crippen LogP contribution >= 0.6 is 0 Å². The summed E-state index contributed by atoms with van der Waals surface area (Å²) in [7, 11) is 1.99. The summed E-state index contributed by atoms with van der Waals surface area (Å²) in [5.41, 5.74) is 3.02. The van der Waals surface area contributed by atoms with E-state index in [-0.39, 0.29) is 12.5 Å². The maximum Gasteiger partial charge on any atom is 0.225 e. The molecule has 0 aliphatic carbocycles. The number of hydrogen-bond donors (Lipinski definition) is 1. The van der Waals surface area contributed by atoms with Gasteiger partial charge in [0, 0.05) is 41.8 Å². The number of amides is 1. The van der Waals surface area contributed by atoms with Crippen molar-refractivity contribution in [2.24, 2.45) is 7.05 Å². The van der Waals surface area contributed by atoms with Gasteiger partial charge in [0.1, 0.15) is 12.4 Å². The zero-order chi connectivity index (χ0) is 20.1. The molecule has 144 valence electrons. The lowest BCUT2D eigenvalue weighted by Crippen LogP contribution is -2.25. The molecule has 2 aromatic carbocycles. The van der Waals surface area contributed by atoms with E-state index in [1.807, 2.05) is 72.4 Å². The minimum Gasteiger partial charge on any atom is -0.481 e. The molecule has 0 saturated carbocycles. The molecule has 2 heterocycles. The Morgan fingerprint density at radius 1 is 1.14 bits per heavy atom. The molecule has 5 nitrogen and oxygen atoms in total. The van der Waals surface area contributed by atoms with E-state index in [9.17, 15) is 4.79 Å². The van der Waals surface area contributed by atoms with Gasteiger partial charge in [-0.3, -0.25) is 9.78 Å². The molecule has 2 aromatic heterocycles. The molecule has 1 N–H and O–H groups in total. The fourth-order valence-corrected chi connectivity index (χ4v) is 3.31. The molecule has 29 heavy (non-hydrogen) atoms. The Morgan fingerprint density at radius 3 is 2.97 bits per heavy atom. The molecule has 0 fully saturated rings. The Morgan fingerprint density at radius 2 is 2.03 bits per heavy atom. The third-order valence-electron chi connectivity index (χ3n) is 4.72. The summed E-state index contributed by atoms with van der Waals surface area (Å²) < 4.78 is 7.68. The van der Waals surface area contributed by atoms with Crippen LogP contribution in [-0.4, -0.2) is 28.6 Å². The number of para-hydroxylation sites is 1. The Labute approximate surface area is 169 Å². The van der Waals surface area contributed by atoms with Crippen molar-refractivity contribution in [2.75, 3.05) is 13.2 Å². The van der Waals surface area contributed by atoms with Gasteiger partial charge < -0.3 is 14.6 Å². The molecule has 0 spiro atoms. The highest BCUT2D eigenvalue weighted by atomic mass is 16.5. The van der Waals surface area contributed by atoms with Crippen LogP contribution < -0.4 is 10.1 Å². The molecule has 0 atom stereocenters. The van der Waals surface area contributed by atoms with Gasteiger partial charge in [-0.05, 0) is 29.8 Å². The van der Waals surface area contributed by atoms with Crippen LogP contribution in [0.25, 0.3) is 21.8 Å². The zero-order valence-corrected chi connectivity index (χ0v) is 16.2. The predicted molar refractivity (Wildman–Crippen MR) is 115 cm³/mol. The van der Waals surface area contributed by atoms with Gasteiger partial charge in [-0.1, -0.05) is 36.1 Å². The van der Waals surface area contributed by atoms with E-state index in [2.05, 4.69) is 22.1 Å². The number of hydrogen-bond acceptors (Lipinski definition) is 3. The van der Waals surface area contributed by atoms with Crippen LogP contribution in [0.15, 0.2) is 67.0 Å². The van der Waals surface area contributed by atoms with Crippen molar-refractivity contribution in [3.05, 3.63) is 72.6 Å². The van der Waals surface area contributed by atoms with E-state index < -0.39 is 0 Å². The van der Waals surface area contributed by atoms with Crippen LogP contribution in [0.4, 0.5) is 0 Å². The summed E-state index contributed by atoms with van der Waals surface area (Å²) in [6, 6.07) is 17.7. The first kappa shape index (κ1) is 18.6. The first-order valence-corrected chi connectivity index (χ1v) is 9.43. The molecule has 0 unspecified atom stereocenters. The first-order valence-electron chi connectivity index (χ1n) is 9.43. The van der Waals surface area contributed by atoms with Crippen molar-refractivity contribution in [1.82, 2.24) is 14.9 Å². The van der Waals surface area contributed by atoms with Crippen LogP contribution in [0.2, 0.25) is 0 Å². The average molecular weight is 383 g/mol. The van der Waals surface area contributed by atoms with Crippen LogP contribution in [-0.2, 0) is 18.3 Å². The predicted octanol–water partition coefficient (Wildman–Crippen LogP) is 3.47. The van der Waals surface area contributed by atoms with Crippen LogP contribution in [0.1, 0.15) is 5.56 Å². The van der Waals surface area contributed by atoms with E-state index in [1.54, 1.807) is 6.20 Å². The SMILES string of the molecule is Cn1cc(CC(=O)NCC#CCOc2ccc3cccnc3c2)c2ccccc21. The number of benzene rings is 2. The van der Waals surface area contributed by atoms with Gasteiger partial charge in [0.2, 0.25) is 5.91 Å². The summed E-state index contributed by atoms with van der Waals surface area (Å²) in [6.45, 7) is 0.559. The van der Waals surface area contributed by atoms with E-state index in [1.165, 1.54) is 0 Å². The smallest absolute Gasteiger partial charge is 0.225 e. The maximum atomic E-state index is 12.2. The number of ether oxygens (including phenoxy) is 1. The number of rotatable bonds is 5. The molecular formula is C24H21N3O2. The van der Waals surface area contributed by atoms with Crippen LogP contribution in [0.5, 0.6) is 5.75 Å². The zero-order valence-electron chi connectivity index (χ0n) is 16.2. The van der Waals surface area contributed by atoms with E-state index >= 15 is 0 Å². The van der Waals surface area contributed by atoms with Gasteiger partial charge in [0.25, 0.3) is 0 Å².